The molecule has 12 heteroatoms. The molecule has 0 saturated heterocycles. The number of nitrogens with zero attached hydrogens (tertiary/aromatic N) is 2. The Morgan fingerprint density at radius 2 is 2.12 bits per heavy atom. The van der Waals surface area contributed by atoms with Gasteiger partial charge in [0.15, 0.2) is 0 Å². The first kappa shape index (κ1) is 24.6. The van der Waals surface area contributed by atoms with E-state index in [1.807, 2.05) is 0 Å². The van der Waals surface area contributed by atoms with Crippen molar-refractivity contribution in [2.75, 3.05) is 12.4 Å². The number of rotatable bonds is 9. The van der Waals surface area contributed by atoms with E-state index in [9.17, 15) is 23.6 Å². The molecule has 0 aliphatic rings. The number of nitrogens with one attached hydrogen (secondary N) is 2. The number of allylic oxidation sites excluding steroid dienone is 1. The zero-order valence-corrected chi connectivity index (χ0v) is 18.9. The highest BCUT2D eigenvalue weighted by molar-refractivity contribution is 7.18. The molecule has 0 fully saturated rings. The number of ether oxygens (including phenoxy) is 1. The number of amides is 3. The molecule has 34 heavy (non-hydrogen) atoms. The van der Waals surface area contributed by atoms with E-state index in [-0.39, 0.29) is 25.1 Å². The van der Waals surface area contributed by atoms with Crippen molar-refractivity contribution in [1.82, 2.24) is 14.9 Å². The lowest BCUT2D eigenvalue weighted by atomic mass is 10.1. The highest BCUT2D eigenvalue weighted by Gasteiger charge is 2.22. The molecule has 178 valence electrons. The molecule has 0 radical (unpaired) electrons. The molecule has 1 unspecified atom stereocenters. The number of anilines is 1. The molecule has 0 bridgehead atoms. The van der Waals surface area contributed by atoms with Crippen molar-refractivity contribution in [3.63, 3.8) is 0 Å². The van der Waals surface area contributed by atoms with Gasteiger partial charge in [-0.3, -0.25) is 14.4 Å². The standard InChI is InChI=1S/C22H22FN5O5S/c1-33-22(32)27-14(5-2-3-7-18(24)29)20(30)26-15-6-4-10-28(21(15)31)12-19-25-16-11-13(23)8-9-17(16)34-19/h3-4,6-11,14H,2,5,12H2,1H3,(H2,24,29)(H,26,30)(H,27,32)/b7-3+. The number of aromatic nitrogens is 2. The highest BCUT2D eigenvalue weighted by Crippen LogP contribution is 2.23. The Morgan fingerprint density at radius 3 is 2.85 bits per heavy atom. The number of benzene rings is 1. The van der Waals surface area contributed by atoms with E-state index in [2.05, 4.69) is 20.4 Å². The molecule has 2 aromatic heterocycles. The SMILES string of the molecule is COC(=O)NC(CC/C=C/C(N)=O)C(=O)Nc1cccn(Cc2nc3cc(F)ccc3s2)c1=O. The van der Waals surface area contributed by atoms with Gasteiger partial charge in [-0.2, -0.15) is 0 Å². The second-order valence-electron chi connectivity index (χ2n) is 7.13. The molecule has 4 N–H and O–H groups in total. The Labute approximate surface area is 197 Å². The number of primary amides is 1. The van der Waals surface area contributed by atoms with Crippen LogP contribution in [0.2, 0.25) is 0 Å². The Balaban J connectivity index is 1.75. The summed E-state index contributed by atoms with van der Waals surface area (Å²) in [6.07, 6.45) is 3.75. The second kappa shape index (κ2) is 11.2. The first-order valence-corrected chi connectivity index (χ1v) is 10.9. The van der Waals surface area contributed by atoms with Crippen LogP contribution in [0.5, 0.6) is 0 Å². The zero-order valence-electron chi connectivity index (χ0n) is 18.1. The van der Waals surface area contributed by atoms with Crippen LogP contribution in [0.25, 0.3) is 10.2 Å². The van der Waals surface area contributed by atoms with Crippen LogP contribution in [0.15, 0.2) is 53.5 Å². The summed E-state index contributed by atoms with van der Waals surface area (Å²) >= 11 is 1.33. The van der Waals surface area contributed by atoms with E-state index >= 15 is 0 Å². The first-order chi connectivity index (χ1) is 16.3. The lowest BCUT2D eigenvalue weighted by molar-refractivity contribution is -0.118. The van der Waals surface area contributed by atoms with Crippen molar-refractivity contribution < 1.29 is 23.5 Å². The monoisotopic (exact) mass is 487 g/mol. The van der Waals surface area contributed by atoms with E-state index in [0.29, 0.717) is 10.5 Å². The number of methoxy groups -OCH3 is 1. The van der Waals surface area contributed by atoms with Gasteiger partial charge >= 0.3 is 6.09 Å². The van der Waals surface area contributed by atoms with E-state index in [1.54, 1.807) is 18.3 Å². The average Bonchev–Trinajstić information content (AvgIpc) is 3.19. The number of pyridine rings is 1. The molecule has 3 aromatic rings. The molecule has 0 aliphatic heterocycles. The second-order valence-corrected chi connectivity index (χ2v) is 8.25. The van der Waals surface area contributed by atoms with Gasteiger partial charge in [0.1, 0.15) is 22.6 Å². The molecule has 0 aliphatic carbocycles. The Kier molecular flexibility index (Phi) is 8.09. The largest absolute Gasteiger partial charge is 0.453 e. The van der Waals surface area contributed by atoms with E-state index in [4.69, 9.17) is 5.73 Å². The molecule has 1 aromatic carbocycles. The summed E-state index contributed by atoms with van der Waals surface area (Å²) in [7, 11) is 1.16. The lowest BCUT2D eigenvalue weighted by Gasteiger charge is -2.17. The third-order valence-corrected chi connectivity index (χ3v) is 5.70. The fourth-order valence-electron chi connectivity index (χ4n) is 3.07. The van der Waals surface area contributed by atoms with Gasteiger partial charge in [0.05, 0.1) is 23.9 Å². The maximum Gasteiger partial charge on any atom is 0.407 e. The molecule has 1 atom stereocenters. The minimum Gasteiger partial charge on any atom is -0.453 e. The summed E-state index contributed by atoms with van der Waals surface area (Å²) < 4.78 is 20.1. The third kappa shape index (κ3) is 6.48. The first-order valence-electron chi connectivity index (χ1n) is 10.1. The summed E-state index contributed by atoms with van der Waals surface area (Å²) in [6, 6.07) is 6.28. The Morgan fingerprint density at radius 1 is 1.32 bits per heavy atom. The fraction of sp³-hybridized carbons (Fsp3) is 0.227. The topological polar surface area (TPSA) is 145 Å². The Bertz CT molecular complexity index is 1300. The predicted molar refractivity (Wildman–Crippen MR) is 125 cm³/mol. The zero-order chi connectivity index (χ0) is 24.7. The van der Waals surface area contributed by atoms with Crippen LogP contribution in [0.4, 0.5) is 14.9 Å². The van der Waals surface area contributed by atoms with Gasteiger partial charge in [0.25, 0.3) is 5.56 Å². The Hall–Kier alpha value is -4.06. The minimum atomic E-state index is -1.03. The molecule has 3 amide bonds. The van der Waals surface area contributed by atoms with Crippen molar-refractivity contribution in [2.45, 2.75) is 25.4 Å². The predicted octanol–water partition coefficient (Wildman–Crippen LogP) is 2.13. The van der Waals surface area contributed by atoms with Gasteiger partial charge in [0.2, 0.25) is 11.8 Å². The van der Waals surface area contributed by atoms with E-state index in [0.717, 1.165) is 17.9 Å². The van der Waals surface area contributed by atoms with Crippen molar-refractivity contribution in [3.05, 3.63) is 69.9 Å². The smallest absolute Gasteiger partial charge is 0.407 e. The number of hydrogen-bond donors (Lipinski definition) is 3. The van der Waals surface area contributed by atoms with Gasteiger partial charge in [0, 0.05) is 12.3 Å². The van der Waals surface area contributed by atoms with Gasteiger partial charge < -0.3 is 25.7 Å². The van der Waals surface area contributed by atoms with Gasteiger partial charge in [-0.15, -0.1) is 11.3 Å². The maximum absolute atomic E-state index is 13.4. The van der Waals surface area contributed by atoms with Gasteiger partial charge in [-0.25, -0.2) is 14.2 Å². The van der Waals surface area contributed by atoms with E-state index < -0.39 is 35.3 Å². The van der Waals surface area contributed by atoms with Crippen molar-refractivity contribution in [3.8, 4) is 0 Å². The van der Waals surface area contributed by atoms with Crippen LogP contribution in [0.1, 0.15) is 17.8 Å². The molecule has 2 heterocycles. The number of halogens is 1. The number of carbonyl (C=O) groups excluding carboxylic acids is 3. The van der Waals surface area contributed by atoms with Crippen molar-refractivity contribution >= 4 is 45.1 Å². The van der Waals surface area contributed by atoms with Crippen molar-refractivity contribution in [2.24, 2.45) is 5.73 Å². The van der Waals surface area contributed by atoms with Crippen molar-refractivity contribution in [1.29, 1.82) is 0 Å². The number of alkyl carbamates (subject to hydrolysis) is 1. The summed E-state index contributed by atoms with van der Waals surface area (Å²) in [5.41, 5.74) is 5.06. The van der Waals surface area contributed by atoms with Crippen LogP contribution in [-0.2, 0) is 20.9 Å². The van der Waals surface area contributed by atoms with Crippen LogP contribution in [-0.4, -0.2) is 40.6 Å². The number of fused-ring (bicyclic) bond motifs is 1. The van der Waals surface area contributed by atoms with Crippen LogP contribution < -0.4 is 21.9 Å². The van der Waals surface area contributed by atoms with Crippen LogP contribution in [0.3, 0.4) is 0 Å². The summed E-state index contributed by atoms with van der Waals surface area (Å²) in [5, 5.41) is 5.52. The summed E-state index contributed by atoms with van der Waals surface area (Å²) in [4.78, 5) is 52.5. The highest BCUT2D eigenvalue weighted by atomic mass is 32.1. The molecule has 3 rings (SSSR count). The lowest BCUT2D eigenvalue weighted by Crippen LogP contribution is -2.44. The molecule has 0 saturated carbocycles. The molecule has 0 spiro atoms. The van der Waals surface area contributed by atoms with Crippen LogP contribution in [0, 0.1) is 5.82 Å². The molecular formula is C22H22FN5O5S. The minimum absolute atomic E-state index is 0.00370. The quantitative estimate of drug-likeness (QED) is 0.394. The normalized spacial score (nSPS) is 11.9. The maximum atomic E-state index is 13.4. The van der Waals surface area contributed by atoms with Crippen LogP contribution >= 0.6 is 11.3 Å². The van der Waals surface area contributed by atoms with Gasteiger partial charge in [-0.05, 0) is 43.2 Å². The summed E-state index contributed by atoms with van der Waals surface area (Å²) in [5.74, 6) is -1.67. The van der Waals surface area contributed by atoms with Gasteiger partial charge in [-0.1, -0.05) is 6.08 Å². The molecule has 10 nitrogen and oxygen atoms in total. The summed E-state index contributed by atoms with van der Waals surface area (Å²) in [6.45, 7) is 0.130. The van der Waals surface area contributed by atoms with E-state index in [1.165, 1.54) is 40.2 Å². The molecular weight excluding hydrogens is 465 g/mol. The number of carbonyl (C=O) groups is 3. The number of hydrogen-bond acceptors (Lipinski definition) is 7. The fourth-order valence-corrected chi connectivity index (χ4v) is 4.02. The third-order valence-electron chi connectivity index (χ3n) is 4.68. The average molecular weight is 488 g/mol. The number of thiazole rings is 1. The number of nitrogens with two attached hydrogens (primary N) is 1.